The summed E-state index contributed by atoms with van der Waals surface area (Å²) in [6.45, 7) is 1.48. The van der Waals surface area contributed by atoms with E-state index in [9.17, 15) is 14.4 Å². The van der Waals surface area contributed by atoms with Gasteiger partial charge in [-0.1, -0.05) is 42.3 Å². The number of esters is 1. The summed E-state index contributed by atoms with van der Waals surface area (Å²) >= 11 is 0. The normalized spacial score (nSPS) is 13.3. The second-order valence-corrected chi connectivity index (χ2v) is 13.0. The van der Waals surface area contributed by atoms with E-state index >= 15 is 0 Å². The van der Waals surface area contributed by atoms with E-state index in [2.05, 4.69) is 88.4 Å². The maximum atomic E-state index is 13.9. The standard InChI is InChI=1S/C43H35N5O4/c1-2-25-52-39(49)30-48-42(50)40-37-7-8-38(41(40)43(48)51)29-47-23-15-36(16-24-47)34-11-19-45(20-12-34)27-32-4-3-31(5-6-32)26-44-17-9-33(10-18-44)35-13-21-46(28-37)22-14-35/h1,3-24H,25-30H2/q+4. The number of hydrogen-bond acceptors (Lipinski definition) is 4. The van der Waals surface area contributed by atoms with Gasteiger partial charge in [0.05, 0.1) is 11.1 Å². The molecule has 17 aliphatic rings. The van der Waals surface area contributed by atoms with Crippen LogP contribution in [-0.4, -0.2) is 35.8 Å². The minimum absolute atomic E-state index is 0.238. The number of carbonyl (C=O) groups is 3. The van der Waals surface area contributed by atoms with Crippen molar-refractivity contribution in [3.05, 3.63) is 168 Å². The Balaban J connectivity index is 1.17. The van der Waals surface area contributed by atoms with Gasteiger partial charge in [0.15, 0.2) is 82.4 Å². The van der Waals surface area contributed by atoms with Crippen molar-refractivity contribution in [1.29, 1.82) is 0 Å². The van der Waals surface area contributed by atoms with Gasteiger partial charge in [0, 0.05) is 70.8 Å². The first-order valence-electron chi connectivity index (χ1n) is 17.1. The number of hydrogen-bond donors (Lipinski definition) is 0. The Morgan fingerprint density at radius 3 is 1.25 bits per heavy atom. The van der Waals surface area contributed by atoms with Crippen molar-refractivity contribution >= 4 is 17.8 Å². The van der Waals surface area contributed by atoms with E-state index in [1.807, 2.05) is 70.3 Å². The number of rotatable bonds is 3. The molecule has 4 aromatic heterocycles. The molecule has 52 heavy (non-hydrogen) atoms. The fourth-order valence-electron chi connectivity index (χ4n) is 6.83. The summed E-state index contributed by atoms with van der Waals surface area (Å²) in [4.78, 5) is 41.2. The van der Waals surface area contributed by atoms with Crippen LogP contribution in [0.15, 0.2) is 135 Å². The zero-order valence-electron chi connectivity index (χ0n) is 28.4. The highest BCUT2D eigenvalue weighted by Gasteiger charge is 2.41. The van der Waals surface area contributed by atoms with E-state index in [0.29, 0.717) is 35.3 Å². The number of imide groups is 1. The molecule has 0 fully saturated rings. The molecule has 21 heterocycles. The minimum atomic E-state index is -0.741. The summed E-state index contributed by atoms with van der Waals surface area (Å²) in [6, 6.07) is 29.1. The Morgan fingerprint density at radius 1 is 0.558 bits per heavy atom. The maximum Gasteiger partial charge on any atom is 0.327 e. The van der Waals surface area contributed by atoms with Gasteiger partial charge in [-0.15, -0.1) is 6.42 Å². The summed E-state index contributed by atoms with van der Waals surface area (Å²) in [5.74, 6) is 0.447. The lowest BCUT2D eigenvalue weighted by atomic mass is 9.97. The predicted octanol–water partition coefficient (Wildman–Crippen LogP) is 3.45. The number of benzene rings is 2. The van der Waals surface area contributed by atoms with E-state index in [-0.39, 0.29) is 6.61 Å². The van der Waals surface area contributed by atoms with E-state index in [4.69, 9.17) is 11.2 Å². The molecule has 0 saturated carbocycles. The van der Waals surface area contributed by atoms with Crippen LogP contribution in [0.4, 0.5) is 0 Å². The first kappa shape index (κ1) is 32.4. The molecule has 17 aliphatic heterocycles. The topological polar surface area (TPSA) is 79.2 Å². The van der Waals surface area contributed by atoms with Gasteiger partial charge in [-0.05, 0) is 22.3 Å². The van der Waals surface area contributed by atoms with Gasteiger partial charge < -0.3 is 4.74 Å². The fourth-order valence-corrected chi connectivity index (χ4v) is 6.83. The lowest BCUT2D eigenvalue weighted by Crippen LogP contribution is -2.37. The highest BCUT2D eigenvalue weighted by atomic mass is 16.5. The molecule has 0 unspecified atom stereocenters. The first-order valence-corrected chi connectivity index (χ1v) is 17.1. The number of ether oxygens (including phenoxy) is 1. The van der Waals surface area contributed by atoms with E-state index < -0.39 is 24.3 Å². The highest BCUT2D eigenvalue weighted by Crippen LogP contribution is 2.30. The van der Waals surface area contributed by atoms with Crippen molar-refractivity contribution in [3.8, 4) is 34.6 Å². The molecule has 9 nitrogen and oxygen atoms in total. The Kier molecular flexibility index (Phi) is 8.63. The zero-order valence-corrected chi connectivity index (χ0v) is 28.4. The molecule has 252 valence electrons. The van der Waals surface area contributed by atoms with E-state index in [0.717, 1.165) is 40.2 Å². The van der Waals surface area contributed by atoms with Crippen LogP contribution >= 0.6 is 0 Å². The molecule has 9 heteroatoms. The van der Waals surface area contributed by atoms with Gasteiger partial charge in [0.1, 0.15) is 6.54 Å². The second kappa shape index (κ2) is 13.8. The van der Waals surface area contributed by atoms with Crippen LogP contribution in [0.2, 0.25) is 0 Å². The van der Waals surface area contributed by atoms with Crippen molar-refractivity contribution in [3.63, 3.8) is 0 Å². The molecule has 12 bridgehead atoms. The quantitative estimate of drug-likeness (QED) is 0.124. The molecule has 0 spiro atoms. The van der Waals surface area contributed by atoms with Crippen LogP contribution in [0.25, 0.3) is 22.3 Å². The number of nitrogens with zero attached hydrogens (tertiary/aromatic N) is 5. The predicted molar refractivity (Wildman–Crippen MR) is 189 cm³/mol. The van der Waals surface area contributed by atoms with Crippen molar-refractivity contribution in [2.75, 3.05) is 13.2 Å². The van der Waals surface area contributed by atoms with Gasteiger partial charge in [0.2, 0.25) is 0 Å². The summed E-state index contributed by atoms with van der Waals surface area (Å²) < 4.78 is 13.3. The summed E-state index contributed by atoms with van der Waals surface area (Å²) in [5, 5.41) is 0. The largest absolute Gasteiger partial charge is 0.451 e. The Hall–Kier alpha value is -6.79. The Bertz CT molecular complexity index is 2210. The van der Waals surface area contributed by atoms with Gasteiger partial charge in [-0.2, -0.15) is 0 Å². The third-order valence-electron chi connectivity index (χ3n) is 9.59. The van der Waals surface area contributed by atoms with Gasteiger partial charge in [-0.3, -0.25) is 19.3 Å². The third kappa shape index (κ3) is 6.57. The van der Waals surface area contributed by atoms with Crippen LogP contribution in [0.1, 0.15) is 43.0 Å². The Labute approximate surface area is 301 Å². The average molecular weight is 686 g/mol. The lowest BCUT2D eigenvalue weighted by Gasteiger charge is -2.12. The number of amides is 2. The molecule has 0 atom stereocenters. The van der Waals surface area contributed by atoms with Crippen molar-refractivity contribution < 1.29 is 37.4 Å². The summed E-state index contributed by atoms with van der Waals surface area (Å²) in [6.07, 6.45) is 21.4. The van der Waals surface area contributed by atoms with Crippen LogP contribution in [0.3, 0.4) is 0 Å². The number of aromatic nitrogens is 4. The molecule has 6 aromatic rings. The first-order chi connectivity index (χ1) is 25.4. The van der Waals surface area contributed by atoms with Gasteiger partial charge in [-0.25, -0.2) is 18.3 Å². The maximum absolute atomic E-state index is 13.9. The molecule has 2 amide bonds. The van der Waals surface area contributed by atoms with Crippen LogP contribution < -0.4 is 18.3 Å². The minimum Gasteiger partial charge on any atom is -0.451 e. The third-order valence-corrected chi connectivity index (χ3v) is 9.59. The Morgan fingerprint density at radius 2 is 0.904 bits per heavy atom. The summed E-state index contributed by atoms with van der Waals surface area (Å²) in [7, 11) is 0. The van der Waals surface area contributed by atoms with Gasteiger partial charge >= 0.3 is 5.97 Å². The molecule has 0 saturated heterocycles. The molecular weight excluding hydrogens is 651 g/mol. The van der Waals surface area contributed by atoms with Crippen molar-refractivity contribution in [2.45, 2.75) is 26.2 Å². The molecule has 0 N–H and O–H groups in total. The molecule has 23 rings (SSSR count). The average Bonchev–Trinajstić information content (AvgIpc) is 3.42. The fraction of sp³-hybridized carbons (Fsp3) is 0.140. The molecule has 2 aromatic carbocycles. The molecular formula is C43H35N5O4+4. The SMILES string of the molecule is C#CCOC(=O)CN1C(=O)c2c3ccc(c2C1=O)C[n+]1ccc(cc1)-c1cc[n+](cc1)Cc1ccc(cc1)C[n+]1ccc(cc1)-c1cc[n+](cc1)C3. The molecule has 0 aliphatic carbocycles. The van der Waals surface area contributed by atoms with Crippen LogP contribution in [-0.2, 0) is 35.7 Å². The van der Waals surface area contributed by atoms with Crippen LogP contribution in [0.5, 0.6) is 0 Å². The van der Waals surface area contributed by atoms with Crippen LogP contribution in [0, 0.1) is 12.3 Å². The summed E-state index contributed by atoms with van der Waals surface area (Å²) in [5.41, 5.74) is 8.68. The van der Waals surface area contributed by atoms with Crippen molar-refractivity contribution in [1.82, 2.24) is 4.90 Å². The smallest absolute Gasteiger partial charge is 0.327 e. The van der Waals surface area contributed by atoms with E-state index in [1.54, 1.807) is 0 Å². The zero-order chi connectivity index (χ0) is 35.6. The number of pyridine rings is 4. The van der Waals surface area contributed by atoms with Gasteiger partial charge in [0.25, 0.3) is 11.8 Å². The van der Waals surface area contributed by atoms with E-state index in [1.165, 1.54) is 11.1 Å². The van der Waals surface area contributed by atoms with Crippen molar-refractivity contribution in [2.24, 2.45) is 0 Å². The highest BCUT2D eigenvalue weighted by molar-refractivity contribution is 6.23. The lowest BCUT2D eigenvalue weighted by molar-refractivity contribution is -0.689. The number of carbonyl (C=O) groups excluding carboxylic acids is 3. The second-order valence-electron chi connectivity index (χ2n) is 13.0. The monoisotopic (exact) mass is 685 g/mol. The molecule has 0 radical (unpaired) electrons. The number of terminal acetylenes is 1.